The topological polar surface area (TPSA) is 108 Å². The highest BCUT2D eigenvalue weighted by Gasteiger charge is 2.29. The van der Waals surface area contributed by atoms with Crippen LogP contribution in [-0.2, 0) is 23.3 Å². The Morgan fingerprint density at radius 3 is 2.54 bits per heavy atom. The van der Waals surface area contributed by atoms with Crippen LogP contribution in [0.5, 0.6) is 11.6 Å². The van der Waals surface area contributed by atoms with Gasteiger partial charge in [0, 0.05) is 36.3 Å². The van der Waals surface area contributed by atoms with E-state index < -0.39 is 0 Å². The first-order chi connectivity index (χ1) is 18.7. The van der Waals surface area contributed by atoms with E-state index in [0.717, 1.165) is 35.7 Å². The maximum atomic E-state index is 13.7. The number of methoxy groups -OCH3 is 1. The Bertz CT molecular complexity index is 1470. The van der Waals surface area contributed by atoms with Gasteiger partial charge in [0.15, 0.2) is 6.54 Å². The van der Waals surface area contributed by atoms with Crippen LogP contribution >= 0.6 is 0 Å². The average molecular weight is 532 g/mol. The summed E-state index contributed by atoms with van der Waals surface area (Å²) in [5, 5.41) is 8.87. The molecule has 4 aromatic rings. The maximum absolute atomic E-state index is 13.7. The lowest BCUT2D eigenvalue weighted by atomic mass is 9.84. The minimum Gasteiger partial charge on any atom is -0.494 e. The monoisotopic (exact) mass is 531 g/mol. The number of anilines is 2. The molecule has 204 valence electrons. The minimum atomic E-state index is -0.235. The molecule has 1 aliphatic rings. The number of nitrogens with zero attached hydrogens (tertiary/aromatic N) is 5. The summed E-state index contributed by atoms with van der Waals surface area (Å²) in [5.41, 5.74) is 10.0. The number of benzene rings is 2. The van der Waals surface area contributed by atoms with E-state index in [9.17, 15) is 4.79 Å². The van der Waals surface area contributed by atoms with Crippen LogP contribution in [0.15, 0.2) is 54.6 Å². The van der Waals surface area contributed by atoms with Crippen molar-refractivity contribution in [3.8, 4) is 11.6 Å². The van der Waals surface area contributed by atoms with Crippen LogP contribution in [0.4, 0.5) is 11.6 Å². The minimum absolute atomic E-state index is 0.00502. The zero-order valence-corrected chi connectivity index (χ0v) is 22.9. The summed E-state index contributed by atoms with van der Waals surface area (Å²) >= 11 is 0. The number of fused-ring (bicyclic) bond motifs is 1. The molecule has 5 rings (SSSR count). The van der Waals surface area contributed by atoms with Gasteiger partial charge in [0.25, 0.3) is 5.88 Å². The lowest BCUT2D eigenvalue weighted by Crippen LogP contribution is -2.41. The number of aromatic nitrogens is 4. The second-order valence-corrected chi connectivity index (χ2v) is 10.6. The van der Waals surface area contributed by atoms with E-state index in [4.69, 9.17) is 19.9 Å². The van der Waals surface area contributed by atoms with Gasteiger partial charge in [-0.05, 0) is 33.3 Å². The van der Waals surface area contributed by atoms with Crippen LogP contribution in [0, 0.1) is 0 Å². The molecule has 1 fully saturated rings. The lowest BCUT2D eigenvalue weighted by molar-refractivity contribution is -0.714. The summed E-state index contributed by atoms with van der Waals surface area (Å²) in [6.07, 6.45) is 0. The number of nitrogen functional groups attached to an aromatic ring is 1. The second kappa shape index (κ2) is 10.9. The lowest BCUT2D eigenvalue weighted by Gasteiger charge is -2.33. The van der Waals surface area contributed by atoms with Gasteiger partial charge in [-0.25, -0.2) is 0 Å². The van der Waals surface area contributed by atoms with Crippen molar-refractivity contribution in [2.45, 2.75) is 39.3 Å². The van der Waals surface area contributed by atoms with Crippen molar-refractivity contribution in [2.24, 2.45) is 0 Å². The van der Waals surface area contributed by atoms with Gasteiger partial charge in [-0.15, -0.1) is 4.68 Å². The molecular weight excluding hydrogens is 496 g/mol. The second-order valence-electron chi connectivity index (χ2n) is 10.6. The molecular formula is C29H35N6O4+. The van der Waals surface area contributed by atoms with Gasteiger partial charge in [0.1, 0.15) is 12.4 Å². The molecule has 0 saturated carbocycles. The Morgan fingerprint density at radius 1 is 1.10 bits per heavy atom. The molecule has 0 amide bonds. The van der Waals surface area contributed by atoms with Crippen LogP contribution in [0.1, 0.15) is 42.3 Å². The van der Waals surface area contributed by atoms with Gasteiger partial charge in [-0.1, -0.05) is 55.6 Å². The van der Waals surface area contributed by atoms with Crippen LogP contribution in [-0.4, -0.2) is 53.9 Å². The first-order valence-electron chi connectivity index (χ1n) is 13.0. The van der Waals surface area contributed by atoms with Crippen LogP contribution in [0.25, 0.3) is 5.65 Å². The number of morpholine rings is 1. The highest BCUT2D eigenvalue weighted by atomic mass is 16.5. The summed E-state index contributed by atoms with van der Waals surface area (Å²) in [6, 6.07) is 17.2. The van der Waals surface area contributed by atoms with Crippen LogP contribution < -0.4 is 24.8 Å². The van der Waals surface area contributed by atoms with E-state index >= 15 is 0 Å². The molecule has 3 heterocycles. The van der Waals surface area contributed by atoms with Crippen molar-refractivity contribution >= 4 is 23.1 Å². The molecule has 1 saturated heterocycles. The molecule has 0 atom stereocenters. The first-order valence-corrected chi connectivity index (χ1v) is 13.0. The summed E-state index contributed by atoms with van der Waals surface area (Å²) in [7, 11) is 1.68. The highest BCUT2D eigenvalue weighted by Crippen LogP contribution is 2.40. The molecule has 0 bridgehead atoms. The van der Waals surface area contributed by atoms with Crippen LogP contribution in [0.3, 0.4) is 0 Å². The standard InChI is InChI=1S/C29H35N6O4/c1-29(2,3)22-16-21(17-23(27(22)37-4)33-12-14-38-15-13-33)24(36)18-34-26-11-10-25(31-35(26)28(30)32-34)39-19-20-8-6-5-7-9-20/h5-11,16-17H,12-15,18-19H2,1-4H3,(H2,30,32)/q+1. The summed E-state index contributed by atoms with van der Waals surface area (Å²) in [4.78, 5) is 15.9. The molecule has 0 aliphatic carbocycles. The zero-order chi connectivity index (χ0) is 27.6. The normalized spacial score (nSPS) is 14.0. The van der Waals surface area contributed by atoms with Crippen molar-refractivity contribution in [1.29, 1.82) is 0 Å². The zero-order valence-electron chi connectivity index (χ0n) is 22.9. The van der Waals surface area contributed by atoms with Gasteiger partial charge < -0.3 is 24.8 Å². The molecule has 2 aromatic heterocycles. The van der Waals surface area contributed by atoms with Gasteiger partial charge in [0.05, 0.1) is 26.0 Å². The fourth-order valence-electron chi connectivity index (χ4n) is 4.72. The number of Topliss-reactive ketones (excluding diaryl/α,β-unsaturated/α-hetero) is 1. The third-order valence-electron chi connectivity index (χ3n) is 6.77. The van der Waals surface area contributed by atoms with Gasteiger partial charge in [-0.2, -0.15) is 0 Å². The predicted molar refractivity (Wildman–Crippen MR) is 147 cm³/mol. The van der Waals surface area contributed by atoms with Crippen LogP contribution in [0.2, 0.25) is 0 Å². The molecule has 0 radical (unpaired) electrons. The summed E-state index contributed by atoms with van der Waals surface area (Å²) < 4.78 is 20.3. The maximum Gasteiger partial charge on any atom is 0.355 e. The highest BCUT2D eigenvalue weighted by molar-refractivity contribution is 5.97. The van der Waals surface area contributed by atoms with Crippen molar-refractivity contribution in [2.75, 3.05) is 44.0 Å². The summed E-state index contributed by atoms with van der Waals surface area (Å²) in [6.45, 7) is 9.45. The Kier molecular flexibility index (Phi) is 7.38. The van der Waals surface area contributed by atoms with E-state index in [-0.39, 0.29) is 23.7 Å². The number of hydrogen-bond donors (Lipinski definition) is 1. The van der Waals surface area contributed by atoms with E-state index in [1.54, 1.807) is 23.9 Å². The molecule has 2 aromatic carbocycles. The average Bonchev–Trinajstić information content (AvgIpc) is 3.25. The van der Waals surface area contributed by atoms with Crippen molar-refractivity contribution in [1.82, 2.24) is 14.7 Å². The van der Waals surface area contributed by atoms with E-state index in [0.29, 0.717) is 36.9 Å². The quantitative estimate of drug-likeness (QED) is 0.273. The number of carbonyl (C=O) groups is 1. The number of rotatable bonds is 8. The largest absolute Gasteiger partial charge is 0.494 e. The third-order valence-corrected chi connectivity index (χ3v) is 6.77. The Hall–Kier alpha value is -4.18. The fourth-order valence-corrected chi connectivity index (χ4v) is 4.72. The fraction of sp³-hybridized carbons (Fsp3) is 0.379. The third kappa shape index (κ3) is 5.65. The number of ether oxygens (including phenoxy) is 3. The Morgan fingerprint density at radius 2 is 1.85 bits per heavy atom. The van der Waals surface area contributed by atoms with Crippen molar-refractivity contribution in [3.63, 3.8) is 0 Å². The number of nitrogens with two attached hydrogens (primary N) is 1. The predicted octanol–water partition coefficient (Wildman–Crippen LogP) is 3.20. The Labute approximate surface area is 227 Å². The van der Waals surface area contributed by atoms with Gasteiger partial charge >= 0.3 is 11.6 Å². The molecule has 0 unspecified atom stereocenters. The van der Waals surface area contributed by atoms with E-state index in [1.807, 2.05) is 42.5 Å². The van der Waals surface area contributed by atoms with Crippen molar-refractivity contribution < 1.29 is 23.7 Å². The number of carbonyl (C=O) groups excluding carboxylic acids is 1. The Balaban J connectivity index is 1.43. The molecule has 10 nitrogen and oxygen atoms in total. The number of ketones is 1. The first kappa shape index (κ1) is 26.4. The SMILES string of the molecule is COc1c(N2CCOCC2)cc(C(=O)C[n+]2nc(N)n3nc(OCc4ccccc4)ccc32)cc1C(C)(C)C. The summed E-state index contributed by atoms with van der Waals surface area (Å²) in [5.74, 6) is 1.28. The number of hydrogen-bond acceptors (Lipinski definition) is 8. The molecule has 39 heavy (non-hydrogen) atoms. The van der Waals surface area contributed by atoms with E-state index in [2.05, 4.69) is 35.9 Å². The molecule has 2 N–H and O–H groups in total. The van der Waals surface area contributed by atoms with E-state index in [1.165, 1.54) is 4.52 Å². The smallest absolute Gasteiger partial charge is 0.355 e. The molecule has 10 heteroatoms. The molecule has 0 spiro atoms. The van der Waals surface area contributed by atoms with Crippen molar-refractivity contribution in [3.05, 3.63) is 71.3 Å². The van der Waals surface area contributed by atoms with Gasteiger partial charge in [0.2, 0.25) is 5.78 Å². The van der Waals surface area contributed by atoms with Gasteiger partial charge in [-0.3, -0.25) is 4.79 Å². The molecule has 1 aliphatic heterocycles.